The van der Waals surface area contributed by atoms with Crippen LogP contribution in [0.25, 0.3) is 11.4 Å². The number of aromatic nitrogens is 2. The average Bonchev–Trinajstić information content (AvgIpc) is 3.34. The van der Waals surface area contributed by atoms with E-state index < -0.39 is 6.10 Å². The molecule has 2 atom stereocenters. The standard InChI is InChI=1S/C26H26ClN3O3/c27-23-14-8-7-13-21(23)17-32-18-22(31)16-28-24(15-19-9-3-1-4-10-19)26-29-25(30-33-26)20-11-5-2-6-12-20/h1-14,22,24,28,31H,15-18H2/t22-,24-/m1/s1. The van der Waals surface area contributed by atoms with E-state index in [9.17, 15) is 5.11 Å². The number of hydrogen-bond acceptors (Lipinski definition) is 6. The van der Waals surface area contributed by atoms with Crippen LogP contribution in [0.2, 0.25) is 5.02 Å². The Morgan fingerprint density at radius 2 is 1.64 bits per heavy atom. The lowest BCUT2D eigenvalue weighted by molar-refractivity contribution is 0.0271. The lowest BCUT2D eigenvalue weighted by Crippen LogP contribution is -2.34. The molecule has 0 spiro atoms. The Hall–Kier alpha value is -3.03. The average molecular weight is 464 g/mol. The molecule has 4 aromatic rings. The van der Waals surface area contributed by atoms with Crippen LogP contribution >= 0.6 is 11.6 Å². The molecule has 0 amide bonds. The Morgan fingerprint density at radius 3 is 2.39 bits per heavy atom. The molecule has 0 saturated heterocycles. The van der Waals surface area contributed by atoms with Crippen molar-refractivity contribution < 1.29 is 14.4 Å². The van der Waals surface area contributed by atoms with Gasteiger partial charge < -0.3 is 19.7 Å². The number of halogens is 1. The van der Waals surface area contributed by atoms with Crippen LogP contribution in [0.1, 0.15) is 23.1 Å². The number of benzene rings is 3. The Morgan fingerprint density at radius 1 is 0.939 bits per heavy atom. The van der Waals surface area contributed by atoms with Crippen LogP contribution in [0.15, 0.2) is 89.5 Å². The smallest absolute Gasteiger partial charge is 0.244 e. The normalized spacial score (nSPS) is 13.0. The van der Waals surface area contributed by atoms with Crippen LogP contribution in [0.4, 0.5) is 0 Å². The highest BCUT2D eigenvalue weighted by molar-refractivity contribution is 6.31. The van der Waals surface area contributed by atoms with Gasteiger partial charge >= 0.3 is 0 Å². The maximum atomic E-state index is 10.5. The van der Waals surface area contributed by atoms with Crippen molar-refractivity contribution in [3.8, 4) is 11.4 Å². The number of rotatable bonds is 11. The van der Waals surface area contributed by atoms with Crippen molar-refractivity contribution in [2.24, 2.45) is 0 Å². The lowest BCUT2D eigenvalue weighted by atomic mass is 10.1. The van der Waals surface area contributed by atoms with Crippen molar-refractivity contribution in [3.63, 3.8) is 0 Å². The predicted octanol–water partition coefficient (Wildman–Crippen LogP) is 4.84. The van der Waals surface area contributed by atoms with E-state index in [-0.39, 0.29) is 12.6 Å². The van der Waals surface area contributed by atoms with E-state index in [2.05, 4.69) is 15.5 Å². The highest BCUT2D eigenvalue weighted by atomic mass is 35.5. The fourth-order valence-electron chi connectivity index (χ4n) is 3.44. The first-order chi connectivity index (χ1) is 16.2. The van der Waals surface area contributed by atoms with Gasteiger partial charge in [-0.05, 0) is 23.6 Å². The molecular formula is C26H26ClN3O3. The number of aliphatic hydroxyl groups excluding tert-OH is 1. The Labute approximate surface area is 198 Å². The third kappa shape index (κ3) is 6.73. The van der Waals surface area contributed by atoms with E-state index >= 15 is 0 Å². The summed E-state index contributed by atoms with van der Waals surface area (Å²) in [4.78, 5) is 4.60. The van der Waals surface area contributed by atoms with Crippen molar-refractivity contribution in [2.75, 3.05) is 13.2 Å². The molecule has 7 heteroatoms. The first-order valence-corrected chi connectivity index (χ1v) is 11.2. The quantitative estimate of drug-likeness (QED) is 0.331. The summed E-state index contributed by atoms with van der Waals surface area (Å²) >= 11 is 6.16. The highest BCUT2D eigenvalue weighted by Gasteiger charge is 2.21. The number of nitrogens with one attached hydrogen (secondary N) is 1. The summed E-state index contributed by atoms with van der Waals surface area (Å²) in [7, 11) is 0. The van der Waals surface area contributed by atoms with Gasteiger partial charge in [0.05, 0.1) is 25.4 Å². The molecule has 0 fully saturated rings. The zero-order valence-corrected chi connectivity index (χ0v) is 18.9. The van der Waals surface area contributed by atoms with E-state index in [1.165, 1.54) is 0 Å². The minimum atomic E-state index is -0.706. The molecule has 33 heavy (non-hydrogen) atoms. The van der Waals surface area contributed by atoms with Crippen molar-refractivity contribution in [1.29, 1.82) is 0 Å². The first-order valence-electron chi connectivity index (χ1n) is 10.8. The molecule has 2 N–H and O–H groups in total. The maximum Gasteiger partial charge on any atom is 0.244 e. The molecule has 1 heterocycles. The van der Waals surface area contributed by atoms with Crippen molar-refractivity contribution >= 4 is 11.6 Å². The van der Waals surface area contributed by atoms with Gasteiger partial charge in [-0.1, -0.05) is 95.6 Å². The van der Waals surface area contributed by atoms with E-state index in [0.717, 1.165) is 16.7 Å². The number of hydrogen-bond donors (Lipinski definition) is 2. The maximum absolute atomic E-state index is 10.5. The first kappa shape index (κ1) is 23.1. The summed E-state index contributed by atoms with van der Waals surface area (Å²) in [6.07, 6.45) is -0.0629. The van der Waals surface area contributed by atoms with E-state index in [4.69, 9.17) is 20.9 Å². The number of aliphatic hydroxyl groups is 1. The lowest BCUT2D eigenvalue weighted by Gasteiger charge is -2.18. The number of nitrogens with zero attached hydrogens (tertiary/aromatic N) is 2. The molecule has 0 aliphatic heterocycles. The third-order valence-corrected chi connectivity index (χ3v) is 5.55. The molecule has 0 aliphatic carbocycles. The van der Waals surface area contributed by atoms with Crippen LogP contribution in [0.5, 0.6) is 0 Å². The van der Waals surface area contributed by atoms with Crippen molar-refractivity contribution in [2.45, 2.75) is 25.2 Å². The van der Waals surface area contributed by atoms with Crippen molar-refractivity contribution in [1.82, 2.24) is 15.5 Å². The molecule has 3 aromatic carbocycles. The highest BCUT2D eigenvalue weighted by Crippen LogP contribution is 2.21. The summed E-state index contributed by atoms with van der Waals surface area (Å²) < 4.78 is 11.2. The van der Waals surface area contributed by atoms with Gasteiger partial charge in [0.25, 0.3) is 0 Å². The van der Waals surface area contributed by atoms with Crippen LogP contribution < -0.4 is 5.32 Å². The van der Waals surface area contributed by atoms with Gasteiger partial charge in [0.1, 0.15) is 0 Å². The second kappa shape index (κ2) is 11.7. The molecule has 0 bridgehead atoms. The molecule has 4 rings (SSSR count). The van der Waals surface area contributed by atoms with Gasteiger partial charge in [-0.25, -0.2) is 0 Å². The van der Waals surface area contributed by atoms with Crippen LogP contribution in [0, 0.1) is 0 Å². The molecule has 0 saturated carbocycles. The van der Waals surface area contributed by atoms with E-state index in [1.54, 1.807) is 0 Å². The molecule has 0 unspecified atom stereocenters. The predicted molar refractivity (Wildman–Crippen MR) is 128 cm³/mol. The van der Waals surface area contributed by atoms with Gasteiger partial charge in [-0.2, -0.15) is 4.98 Å². The van der Waals surface area contributed by atoms with Gasteiger partial charge in [0.2, 0.25) is 11.7 Å². The van der Waals surface area contributed by atoms with E-state index in [0.29, 0.717) is 36.3 Å². The minimum absolute atomic E-state index is 0.176. The molecule has 0 radical (unpaired) electrons. The SMILES string of the molecule is O[C@H](CN[C@H](Cc1ccccc1)c1nc(-c2ccccc2)no1)COCc1ccccc1Cl. The molecule has 1 aromatic heterocycles. The Balaban J connectivity index is 1.38. The fourth-order valence-corrected chi connectivity index (χ4v) is 3.63. The third-order valence-electron chi connectivity index (χ3n) is 5.18. The van der Waals surface area contributed by atoms with Crippen molar-refractivity contribution in [3.05, 3.63) is 107 Å². The van der Waals surface area contributed by atoms with Crippen LogP contribution in [-0.2, 0) is 17.8 Å². The molecular weight excluding hydrogens is 438 g/mol. The monoisotopic (exact) mass is 463 g/mol. The molecule has 0 aliphatic rings. The Kier molecular flexibility index (Phi) is 8.22. The largest absolute Gasteiger partial charge is 0.389 e. The minimum Gasteiger partial charge on any atom is -0.389 e. The summed E-state index contributed by atoms with van der Waals surface area (Å²) in [5.41, 5.74) is 2.90. The summed E-state index contributed by atoms with van der Waals surface area (Å²) in [6, 6.07) is 27.0. The second-order valence-electron chi connectivity index (χ2n) is 7.73. The van der Waals surface area contributed by atoms with Gasteiger partial charge in [0, 0.05) is 17.1 Å². The van der Waals surface area contributed by atoms with E-state index in [1.807, 2.05) is 84.9 Å². The fraction of sp³-hybridized carbons (Fsp3) is 0.231. The van der Waals surface area contributed by atoms with Gasteiger partial charge in [-0.15, -0.1) is 0 Å². The zero-order chi connectivity index (χ0) is 22.9. The summed E-state index contributed by atoms with van der Waals surface area (Å²) in [6.45, 7) is 0.826. The Bertz CT molecular complexity index is 1120. The van der Waals surface area contributed by atoms with Crippen LogP contribution in [0.3, 0.4) is 0 Å². The van der Waals surface area contributed by atoms with Crippen LogP contribution in [-0.4, -0.2) is 34.5 Å². The second-order valence-corrected chi connectivity index (χ2v) is 8.14. The topological polar surface area (TPSA) is 80.4 Å². The van der Waals surface area contributed by atoms with Gasteiger partial charge in [0.15, 0.2) is 0 Å². The summed E-state index contributed by atoms with van der Waals surface area (Å²) in [5, 5.41) is 18.6. The molecule has 170 valence electrons. The summed E-state index contributed by atoms with van der Waals surface area (Å²) in [5.74, 6) is 1.01. The molecule has 6 nitrogen and oxygen atoms in total. The number of ether oxygens (including phenoxy) is 1. The zero-order valence-electron chi connectivity index (χ0n) is 18.1. The van der Waals surface area contributed by atoms with Gasteiger partial charge in [-0.3, -0.25) is 0 Å².